The number of allylic oxidation sites excluding steroid dienone is 1. The molecular weight excluding hydrogens is 325 g/mol. The van der Waals surface area contributed by atoms with Crippen molar-refractivity contribution in [3.05, 3.63) is 75.4 Å². The Bertz CT molecular complexity index is 852. The summed E-state index contributed by atoms with van der Waals surface area (Å²) in [5.74, 6) is -0.829. The van der Waals surface area contributed by atoms with Gasteiger partial charge in [0.2, 0.25) is 0 Å². The highest BCUT2D eigenvalue weighted by atomic mass is 35.5. The first kappa shape index (κ1) is 16.2. The molecule has 0 atom stereocenters. The van der Waals surface area contributed by atoms with E-state index in [1.54, 1.807) is 30.3 Å². The van der Waals surface area contributed by atoms with Gasteiger partial charge >= 0.3 is 0 Å². The van der Waals surface area contributed by atoms with Crippen LogP contribution in [0.15, 0.2) is 53.4 Å². The highest BCUT2D eigenvalue weighted by Gasteiger charge is 2.19. The Morgan fingerprint density at radius 1 is 1.18 bits per heavy atom. The second-order valence-electron chi connectivity index (χ2n) is 4.53. The predicted molar refractivity (Wildman–Crippen MR) is 84.1 cm³/mol. The van der Waals surface area contributed by atoms with Crippen molar-refractivity contribution < 1.29 is 12.8 Å². The van der Waals surface area contributed by atoms with Gasteiger partial charge in [-0.3, -0.25) is 0 Å². The third-order valence-corrected chi connectivity index (χ3v) is 4.84. The van der Waals surface area contributed by atoms with Gasteiger partial charge in [0.25, 0.3) is 0 Å². The number of halogens is 2. The van der Waals surface area contributed by atoms with E-state index in [0.29, 0.717) is 16.1 Å². The molecular formula is C16H11ClFNO2S. The lowest BCUT2D eigenvalue weighted by Gasteiger charge is -2.04. The molecule has 22 heavy (non-hydrogen) atoms. The molecule has 6 heteroatoms. The fraction of sp³-hybridized carbons (Fsp3) is 0.0625. The fourth-order valence-electron chi connectivity index (χ4n) is 1.80. The van der Waals surface area contributed by atoms with Gasteiger partial charge in [0, 0.05) is 5.02 Å². The van der Waals surface area contributed by atoms with Gasteiger partial charge in [0.05, 0.1) is 5.75 Å². The largest absolute Gasteiger partial charge is 0.223 e. The molecule has 0 bridgehead atoms. The van der Waals surface area contributed by atoms with Crippen LogP contribution in [-0.4, -0.2) is 8.42 Å². The molecule has 0 heterocycles. The van der Waals surface area contributed by atoms with E-state index in [0.717, 1.165) is 0 Å². The highest BCUT2D eigenvalue weighted by molar-refractivity contribution is 7.95. The smallest absolute Gasteiger partial charge is 0.192 e. The number of hydrogen-bond donors (Lipinski definition) is 0. The maximum Gasteiger partial charge on any atom is 0.192 e. The topological polar surface area (TPSA) is 57.9 Å². The third-order valence-electron chi connectivity index (χ3n) is 2.91. The standard InChI is InChI=1S/C16H11ClFNO2S/c17-16-4-2-1-3-13(16)9-15(10-19)22(20,21)11-12-5-7-14(18)8-6-12/h1-9H,11H2/b15-9+. The zero-order chi connectivity index (χ0) is 16.2. The molecule has 0 aliphatic heterocycles. The minimum Gasteiger partial charge on any atom is -0.223 e. The Hall–Kier alpha value is -2.16. The molecule has 0 saturated carbocycles. The van der Waals surface area contributed by atoms with Crippen LogP contribution in [0.2, 0.25) is 5.02 Å². The summed E-state index contributed by atoms with van der Waals surface area (Å²) in [5, 5.41) is 9.49. The summed E-state index contributed by atoms with van der Waals surface area (Å²) in [6, 6.07) is 13.4. The van der Waals surface area contributed by atoms with E-state index in [9.17, 15) is 12.8 Å². The minimum absolute atomic E-state index is 0.354. The highest BCUT2D eigenvalue weighted by Crippen LogP contribution is 2.22. The first-order valence-electron chi connectivity index (χ1n) is 6.26. The molecule has 2 aromatic carbocycles. The van der Waals surface area contributed by atoms with E-state index in [1.165, 1.54) is 30.3 Å². The molecule has 112 valence electrons. The van der Waals surface area contributed by atoms with E-state index < -0.39 is 15.7 Å². The van der Waals surface area contributed by atoms with Crippen molar-refractivity contribution in [3.8, 4) is 6.07 Å². The molecule has 2 aromatic rings. The molecule has 0 aliphatic rings. The Kier molecular flexibility index (Phi) is 4.96. The van der Waals surface area contributed by atoms with Crippen LogP contribution in [0.3, 0.4) is 0 Å². The molecule has 0 N–H and O–H groups in total. The lowest BCUT2D eigenvalue weighted by molar-refractivity contribution is 0.602. The minimum atomic E-state index is -3.83. The van der Waals surface area contributed by atoms with Crippen molar-refractivity contribution in [2.45, 2.75) is 5.75 Å². The van der Waals surface area contributed by atoms with E-state index in [1.807, 2.05) is 0 Å². The Morgan fingerprint density at radius 2 is 1.82 bits per heavy atom. The molecule has 2 rings (SSSR count). The molecule has 0 radical (unpaired) electrons. The van der Waals surface area contributed by atoms with Crippen LogP contribution >= 0.6 is 11.6 Å². The third kappa shape index (κ3) is 3.94. The summed E-state index contributed by atoms with van der Waals surface area (Å²) in [5.41, 5.74) is 0.852. The van der Waals surface area contributed by atoms with Crippen LogP contribution < -0.4 is 0 Å². The van der Waals surface area contributed by atoms with E-state index in [4.69, 9.17) is 16.9 Å². The molecule has 0 fully saturated rings. The summed E-state index contributed by atoms with van der Waals surface area (Å²) < 4.78 is 37.5. The fourth-order valence-corrected chi connectivity index (χ4v) is 3.23. The average Bonchev–Trinajstić information content (AvgIpc) is 2.48. The monoisotopic (exact) mass is 335 g/mol. The van der Waals surface area contributed by atoms with Gasteiger partial charge < -0.3 is 0 Å². The molecule has 0 unspecified atom stereocenters. The van der Waals surface area contributed by atoms with E-state index >= 15 is 0 Å². The number of benzene rings is 2. The second kappa shape index (κ2) is 6.73. The van der Waals surface area contributed by atoms with Gasteiger partial charge in [0.1, 0.15) is 16.8 Å². The van der Waals surface area contributed by atoms with Crippen LogP contribution in [0, 0.1) is 17.1 Å². The van der Waals surface area contributed by atoms with Crippen LogP contribution in [0.1, 0.15) is 11.1 Å². The summed E-state index contributed by atoms with van der Waals surface area (Å²) >= 11 is 5.96. The zero-order valence-electron chi connectivity index (χ0n) is 11.3. The lowest BCUT2D eigenvalue weighted by Crippen LogP contribution is -2.06. The van der Waals surface area contributed by atoms with Gasteiger partial charge in [0.15, 0.2) is 9.84 Å². The maximum absolute atomic E-state index is 12.8. The quantitative estimate of drug-likeness (QED) is 0.795. The van der Waals surface area contributed by atoms with Crippen molar-refractivity contribution in [3.63, 3.8) is 0 Å². The van der Waals surface area contributed by atoms with Crippen LogP contribution in [0.5, 0.6) is 0 Å². The van der Waals surface area contributed by atoms with Crippen molar-refractivity contribution >= 4 is 27.5 Å². The number of nitriles is 1. The van der Waals surface area contributed by atoms with Crippen molar-refractivity contribution in [2.75, 3.05) is 0 Å². The second-order valence-corrected chi connectivity index (χ2v) is 6.89. The van der Waals surface area contributed by atoms with Crippen LogP contribution in [-0.2, 0) is 15.6 Å². The zero-order valence-corrected chi connectivity index (χ0v) is 12.9. The van der Waals surface area contributed by atoms with E-state index in [-0.39, 0.29) is 10.7 Å². The molecule has 0 saturated heterocycles. The van der Waals surface area contributed by atoms with Crippen LogP contribution in [0.4, 0.5) is 4.39 Å². The van der Waals surface area contributed by atoms with E-state index in [2.05, 4.69) is 0 Å². The predicted octanol–water partition coefficient (Wildman–Crippen LogP) is 3.96. The number of nitrogens with zero attached hydrogens (tertiary/aromatic N) is 1. The van der Waals surface area contributed by atoms with Crippen molar-refractivity contribution in [2.24, 2.45) is 0 Å². The molecule has 0 aliphatic carbocycles. The first-order valence-corrected chi connectivity index (χ1v) is 8.29. The molecule has 3 nitrogen and oxygen atoms in total. The normalized spacial score (nSPS) is 12.0. The maximum atomic E-state index is 12.8. The number of rotatable bonds is 4. The first-order chi connectivity index (χ1) is 10.4. The van der Waals surface area contributed by atoms with Crippen LogP contribution in [0.25, 0.3) is 6.08 Å². The summed E-state index contributed by atoms with van der Waals surface area (Å²) in [6.45, 7) is 0. The van der Waals surface area contributed by atoms with Gasteiger partial charge in [-0.05, 0) is 35.4 Å². The number of hydrogen-bond acceptors (Lipinski definition) is 3. The summed E-state index contributed by atoms with van der Waals surface area (Å²) in [6.07, 6.45) is 1.24. The molecule has 0 aromatic heterocycles. The summed E-state index contributed by atoms with van der Waals surface area (Å²) in [4.78, 5) is -0.384. The Labute approximate surface area is 133 Å². The molecule has 0 amide bonds. The lowest BCUT2D eigenvalue weighted by atomic mass is 10.2. The molecule has 0 spiro atoms. The number of sulfone groups is 1. The Morgan fingerprint density at radius 3 is 2.41 bits per heavy atom. The summed E-state index contributed by atoms with van der Waals surface area (Å²) in [7, 11) is -3.83. The van der Waals surface area contributed by atoms with Gasteiger partial charge in [-0.15, -0.1) is 0 Å². The van der Waals surface area contributed by atoms with Crippen molar-refractivity contribution in [1.29, 1.82) is 5.26 Å². The van der Waals surface area contributed by atoms with Gasteiger partial charge in [-0.1, -0.05) is 41.9 Å². The van der Waals surface area contributed by atoms with Gasteiger partial charge in [-0.2, -0.15) is 5.26 Å². The Balaban J connectivity index is 2.36. The average molecular weight is 336 g/mol. The van der Waals surface area contributed by atoms with Gasteiger partial charge in [-0.25, -0.2) is 12.8 Å². The van der Waals surface area contributed by atoms with Crippen molar-refractivity contribution in [1.82, 2.24) is 0 Å². The SMILES string of the molecule is N#C/C(=C\c1ccccc1Cl)S(=O)(=O)Cc1ccc(F)cc1.